The molecule has 0 radical (unpaired) electrons. The monoisotopic (exact) mass is 965 g/mol. The average Bonchev–Trinajstić information content (AvgIpc) is 3.79. The third-order valence-electron chi connectivity index (χ3n) is 10.7. The Morgan fingerprint density at radius 1 is 0.882 bits per heavy atom. The number of benzene rings is 4. The maximum atomic E-state index is 13.4. The van der Waals surface area contributed by atoms with Crippen LogP contribution in [0.3, 0.4) is 0 Å². The molecule has 1 saturated heterocycles. The van der Waals surface area contributed by atoms with Gasteiger partial charge in [0.05, 0.1) is 57.1 Å². The Labute approximate surface area is 391 Å². The number of ether oxygens (including phenoxy) is 4. The second kappa shape index (κ2) is 23.3. The summed E-state index contributed by atoms with van der Waals surface area (Å²) in [5, 5.41) is 78.2. The minimum Gasteiger partial charge on any atom is -0.394 e. The van der Waals surface area contributed by atoms with E-state index in [1.54, 1.807) is 48.7 Å². The van der Waals surface area contributed by atoms with E-state index in [-0.39, 0.29) is 62.2 Å². The standard InChI is InChI=1S/C44H55N9O14S/c1-44(60,42(59)46-19-18-45-34-8-4-7-33-32(34)6-5-9-36(33)68(61,62)63)43(67-41-39(57)38(56)37(55)35(26-54)66-41)65-23-22-64-21-20-53-25-30(50-51-53)24-47-40(58)27-10-12-28(13-11-27)48-49-29-14-16-31(17-15-29)52(2)3/h4-17,25,35,37-39,41,43,45,54-57,60H,18-24,26H2,1-3H3,(H,46,59)(H,47,58)(H,61,62,63)/t35-,37-,38+,39-,41+,43-,44?/m1/s1. The molecule has 7 atom stereocenters. The summed E-state index contributed by atoms with van der Waals surface area (Å²) in [5.74, 6) is -1.32. The number of hydrogen-bond acceptors (Lipinski definition) is 19. The Hall–Kier alpha value is -6.03. The third-order valence-corrected chi connectivity index (χ3v) is 11.6. The van der Waals surface area contributed by atoms with Gasteiger partial charge >= 0.3 is 0 Å². The highest BCUT2D eigenvalue weighted by molar-refractivity contribution is 7.86. The number of rotatable bonds is 23. The Kier molecular flexibility index (Phi) is 17.6. The minimum absolute atomic E-state index is 0.0774. The smallest absolute Gasteiger partial charge is 0.295 e. The van der Waals surface area contributed by atoms with Gasteiger partial charge in [-0.05, 0) is 67.6 Å². The zero-order valence-electron chi connectivity index (χ0n) is 37.3. The molecule has 23 nitrogen and oxygen atoms in total. The van der Waals surface area contributed by atoms with Crippen molar-refractivity contribution >= 4 is 55.5 Å². The van der Waals surface area contributed by atoms with Crippen LogP contribution in [0.25, 0.3) is 10.8 Å². The van der Waals surface area contributed by atoms with Crippen molar-refractivity contribution in [1.82, 2.24) is 25.6 Å². The second-order valence-corrected chi connectivity index (χ2v) is 17.3. The molecule has 6 rings (SSSR count). The van der Waals surface area contributed by atoms with Crippen molar-refractivity contribution in [2.75, 3.05) is 63.8 Å². The quantitative estimate of drug-likeness (QED) is 0.0192. The Morgan fingerprint density at radius 3 is 2.24 bits per heavy atom. The van der Waals surface area contributed by atoms with E-state index < -0.39 is 65.2 Å². The van der Waals surface area contributed by atoms with E-state index in [0.717, 1.165) is 12.6 Å². The molecule has 0 aliphatic carbocycles. The van der Waals surface area contributed by atoms with Crippen molar-refractivity contribution in [3.63, 3.8) is 0 Å². The first-order valence-electron chi connectivity index (χ1n) is 21.3. The molecule has 2 heterocycles. The molecule has 0 saturated carbocycles. The molecular formula is C44H55N9O14S. The first-order chi connectivity index (χ1) is 32.5. The van der Waals surface area contributed by atoms with E-state index in [4.69, 9.17) is 18.9 Å². The summed E-state index contributed by atoms with van der Waals surface area (Å²) in [5.41, 5.74) is 1.23. The Balaban J connectivity index is 0.968. The summed E-state index contributed by atoms with van der Waals surface area (Å²) in [6.07, 6.45) is -8.78. The van der Waals surface area contributed by atoms with E-state index in [9.17, 15) is 48.1 Å². The maximum absolute atomic E-state index is 13.4. The largest absolute Gasteiger partial charge is 0.394 e. The predicted octanol–water partition coefficient (Wildman–Crippen LogP) is 1.24. The molecule has 366 valence electrons. The number of nitrogens with zero attached hydrogens (tertiary/aromatic N) is 6. The fourth-order valence-corrected chi connectivity index (χ4v) is 7.55. The molecule has 24 heteroatoms. The van der Waals surface area contributed by atoms with Crippen LogP contribution in [0.4, 0.5) is 22.7 Å². The maximum Gasteiger partial charge on any atom is 0.295 e. The van der Waals surface area contributed by atoms with Crippen molar-refractivity contribution in [3.8, 4) is 0 Å². The van der Waals surface area contributed by atoms with Crippen molar-refractivity contribution in [2.24, 2.45) is 10.2 Å². The number of amides is 2. The van der Waals surface area contributed by atoms with E-state index in [1.165, 1.54) is 22.9 Å². The summed E-state index contributed by atoms with van der Waals surface area (Å²) in [6.45, 7) is 0.412. The van der Waals surface area contributed by atoms with Gasteiger partial charge in [0.15, 0.2) is 18.2 Å². The zero-order chi connectivity index (χ0) is 49.0. The molecule has 2 amide bonds. The van der Waals surface area contributed by atoms with Gasteiger partial charge in [-0.3, -0.25) is 14.1 Å². The molecular weight excluding hydrogens is 911 g/mol. The van der Waals surface area contributed by atoms with Crippen LogP contribution in [0.5, 0.6) is 0 Å². The fourth-order valence-electron chi connectivity index (χ4n) is 6.84. The summed E-state index contributed by atoms with van der Waals surface area (Å²) in [4.78, 5) is 28.0. The number of aliphatic hydroxyl groups is 5. The summed E-state index contributed by atoms with van der Waals surface area (Å²) < 4.78 is 57.5. The number of hydrogen-bond donors (Lipinski definition) is 9. The highest BCUT2D eigenvalue weighted by Gasteiger charge is 2.49. The van der Waals surface area contributed by atoms with Crippen LogP contribution in [0.15, 0.2) is 106 Å². The average molecular weight is 966 g/mol. The minimum atomic E-state index is -4.50. The number of carbonyl (C=O) groups is 2. The van der Waals surface area contributed by atoms with Crippen LogP contribution < -0.4 is 20.9 Å². The number of anilines is 2. The molecule has 4 aromatic carbocycles. The normalized spacial score (nSPS) is 19.9. The lowest BCUT2D eigenvalue weighted by Crippen LogP contribution is -2.62. The molecule has 1 aromatic heterocycles. The van der Waals surface area contributed by atoms with Gasteiger partial charge in [-0.25, -0.2) is 4.68 Å². The van der Waals surface area contributed by atoms with Crippen LogP contribution in [-0.4, -0.2) is 162 Å². The predicted molar refractivity (Wildman–Crippen MR) is 244 cm³/mol. The van der Waals surface area contributed by atoms with Crippen LogP contribution >= 0.6 is 0 Å². The second-order valence-electron chi connectivity index (χ2n) is 15.9. The molecule has 9 N–H and O–H groups in total. The lowest BCUT2D eigenvalue weighted by molar-refractivity contribution is -0.355. The summed E-state index contributed by atoms with van der Waals surface area (Å²) in [6, 6.07) is 23.4. The van der Waals surface area contributed by atoms with E-state index in [0.29, 0.717) is 33.7 Å². The van der Waals surface area contributed by atoms with Crippen LogP contribution in [0.1, 0.15) is 23.0 Å². The van der Waals surface area contributed by atoms with Crippen molar-refractivity contribution in [3.05, 3.63) is 102 Å². The van der Waals surface area contributed by atoms with E-state index in [2.05, 4.69) is 36.5 Å². The molecule has 5 aromatic rings. The number of azo groups is 1. The molecule has 0 bridgehead atoms. The van der Waals surface area contributed by atoms with Gasteiger partial charge in [-0.1, -0.05) is 29.5 Å². The third kappa shape index (κ3) is 13.4. The lowest BCUT2D eigenvalue weighted by atomic mass is 9.99. The van der Waals surface area contributed by atoms with Crippen LogP contribution in [0, 0.1) is 0 Å². The van der Waals surface area contributed by atoms with Gasteiger partial charge < -0.3 is 65.3 Å². The van der Waals surface area contributed by atoms with E-state index >= 15 is 0 Å². The topological polar surface area (TPSA) is 321 Å². The molecule has 1 fully saturated rings. The Bertz CT molecular complexity index is 2600. The number of fused-ring (bicyclic) bond motifs is 1. The van der Waals surface area contributed by atoms with Crippen LogP contribution in [-0.2, 0) is 46.9 Å². The van der Waals surface area contributed by atoms with Gasteiger partial charge in [0, 0.05) is 54.9 Å². The van der Waals surface area contributed by atoms with E-state index in [1.807, 2.05) is 43.3 Å². The number of aliphatic hydroxyl groups excluding tert-OH is 4. The van der Waals surface area contributed by atoms with Gasteiger partial charge in [-0.2, -0.15) is 18.6 Å². The summed E-state index contributed by atoms with van der Waals surface area (Å²) in [7, 11) is -0.598. The molecule has 1 unspecified atom stereocenters. The van der Waals surface area contributed by atoms with Crippen LogP contribution in [0.2, 0.25) is 0 Å². The number of carbonyl (C=O) groups excluding carboxylic acids is 2. The SMILES string of the molecule is CN(C)c1ccc(N=Nc2ccc(C(=O)NCc3cn(CCOCCO[C@H](O[C@@H]4O[C@H](CO)[C@@H](O)[C@H](O)[C@H]4O)C(C)(O)C(=O)NCCNc4cccc5c(S(=O)(=O)O)cccc45)nn3)cc2)cc1. The fraction of sp³-hybridized carbons (Fsp3) is 0.409. The highest BCUT2D eigenvalue weighted by atomic mass is 32.2. The van der Waals surface area contributed by atoms with Crippen molar-refractivity contribution in [1.29, 1.82) is 0 Å². The molecule has 0 spiro atoms. The van der Waals surface area contributed by atoms with Gasteiger partial charge in [-0.15, -0.1) is 5.10 Å². The van der Waals surface area contributed by atoms with Gasteiger partial charge in [0.1, 0.15) is 35.0 Å². The van der Waals surface area contributed by atoms with Crippen molar-refractivity contribution < 1.29 is 67.0 Å². The summed E-state index contributed by atoms with van der Waals surface area (Å²) >= 11 is 0. The van der Waals surface area contributed by atoms with Gasteiger partial charge in [0.25, 0.3) is 21.9 Å². The number of nitrogens with one attached hydrogen (secondary N) is 3. The highest BCUT2D eigenvalue weighted by Crippen LogP contribution is 2.30. The molecule has 1 aliphatic rings. The molecule has 68 heavy (non-hydrogen) atoms. The Morgan fingerprint density at radius 2 is 1.56 bits per heavy atom. The van der Waals surface area contributed by atoms with Gasteiger partial charge in [0.2, 0.25) is 0 Å². The first-order valence-corrected chi connectivity index (χ1v) is 22.8. The first kappa shape index (κ1) is 51.4. The van der Waals surface area contributed by atoms with Crippen molar-refractivity contribution in [2.45, 2.75) is 67.5 Å². The lowest BCUT2D eigenvalue weighted by Gasteiger charge is -2.42. The zero-order valence-corrected chi connectivity index (χ0v) is 38.1. The molecule has 1 aliphatic heterocycles. The number of aromatic nitrogens is 3.